The lowest BCUT2D eigenvalue weighted by molar-refractivity contribution is -0.169. The Labute approximate surface area is 99.7 Å². The molecule has 0 atom stereocenters. The molecule has 6 heteroatoms. The minimum Gasteiger partial charge on any atom is -0.396 e. The fraction of sp³-hybridized carbons (Fsp3) is 0.636. The summed E-state index contributed by atoms with van der Waals surface area (Å²) in [5.74, 6) is 0.386. The van der Waals surface area contributed by atoms with Crippen molar-refractivity contribution >= 4 is 11.6 Å². The van der Waals surface area contributed by atoms with Crippen LogP contribution in [-0.2, 0) is 9.47 Å². The maximum Gasteiger partial charge on any atom is 0.225 e. The first-order valence-electron chi connectivity index (χ1n) is 5.88. The summed E-state index contributed by atoms with van der Waals surface area (Å²) in [5, 5.41) is 0. The Bertz CT molecular complexity index is 379. The average Bonchev–Trinajstić information content (AvgIpc) is 2.80. The van der Waals surface area contributed by atoms with Gasteiger partial charge in [0.15, 0.2) is 5.79 Å². The van der Waals surface area contributed by atoms with Crippen molar-refractivity contribution in [2.24, 2.45) is 0 Å². The number of ether oxygens (including phenoxy) is 2. The van der Waals surface area contributed by atoms with Gasteiger partial charge in [-0.05, 0) is 0 Å². The van der Waals surface area contributed by atoms with Crippen LogP contribution in [0.5, 0.6) is 0 Å². The topological polar surface area (TPSA) is 73.5 Å². The SMILES string of the molecule is Nc1cnc(N2CCC3(CC2)OCCO3)nc1. The van der Waals surface area contributed by atoms with E-state index in [1.807, 2.05) is 0 Å². The summed E-state index contributed by atoms with van der Waals surface area (Å²) in [6.07, 6.45) is 4.99. The molecule has 0 radical (unpaired) electrons. The number of rotatable bonds is 1. The molecule has 1 aromatic rings. The van der Waals surface area contributed by atoms with Crippen LogP contribution in [-0.4, -0.2) is 42.1 Å². The fourth-order valence-corrected chi connectivity index (χ4v) is 2.33. The van der Waals surface area contributed by atoms with Crippen LogP contribution < -0.4 is 10.6 Å². The first-order chi connectivity index (χ1) is 8.27. The van der Waals surface area contributed by atoms with E-state index in [1.54, 1.807) is 12.4 Å². The number of hydrogen-bond donors (Lipinski definition) is 1. The Kier molecular flexibility index (Phi) is 2.60. The molecule has 0 aliphatic carbocycles. The molecule has 0 bridgehead atoms. The normalized spacial score (nSPS) is 23.2. The molecule has 2 saturated heterocycles. The van der Waals surface area contributed by atoms with Crippen molar-refractivity contribution in [2.45, 2.75) is 18.6 Å². The first-order valence-corrected chi connectivity index (χ1v) is 5.88. The van der Waals surface area contributed by atoms with Crippen molar-refractivity contribution in [3.8, 4) is 0 Å². The highest BCUT2D eigenvalue weighted by molar-refractivity contribution is 5.38. The van der Waals surface area contributed by atoms with Gasteiger partial charge in [0.05, 0.1) is 31.3 Å². The maximum absolute atomic E-state index is 5.68. The predicted molar refractivity (Wildman–Crippen MR) is 62.5 cm³/mol. The van der Waals surface area contributed by atoms with Crippen molar-refractivity contribution in [3.05, 3.63) is 12.4 Å². The van der Waals surface area contributed by atoms with Gasteiger partial charge in [0, 0.05) is 25.9 Å². The number of hydrogen-bond acceptors (Lipinski definition) is 6. The zero-order valence-electron chi connectivity index (χ0n) is 9.63. The van der Waals surface area contributed by atoms with Gasteiger partial charge in [0.2, 0.25) is 5.95 Å². The Morgan fingerprint density at radius 3 is 2.29 bits per heavy atom. The van der Waals surface area contributed by atoms with Gasteiger partial charge in [-0.2, -0.15) is 0 Å². The second-order valence-corrected chi connectivity index (χ2v) is 4.41. The van der Waals surface area contributed by atoms with E-state index in [2.05, 4.69) is 14.9 Å². The van der Waals surface area contributed by atoms with Crippen LogP contribution in [0.15, 0.2) is 12.4 Å². The quantitative estimate of drug-likeness (QED) is 0.761. The molecule has 17 heavy (non-hydrogen) atoms. The highest BCUT2D eigenvalue weighted by Gasteiger charge is 2.40. The van der Waals surface area contributed by atoms with Crippen molar-refractivity contribution < 1.29 is 9.47 Å². The third-order valence-electron chi connectivity index (χ3n) is 3.28. The van der Waals surface area contributed by atoms with E-state index in [9.17, 15) is 0 Å². The van der Waals surface area contributed by atoms with Gasteiger partial charge in [-0.1, -0.05) is 0 Å². The number of piperidine rings is 1. The predicted octanol–water partition coefficient (Wildman–Crippen LogP) is 0.402. The van der Waals surface area contributed by atoms with E-state index in [1.165, 1.54) is 0 Å². The zero-order chi connectivity index (χ0) is 11.7. The molecule has 2 fully saturated rings. The molecule has 0 saturated carbocycles. The van der Waals surface area contributed by atoms with E-state index < -0.39 is 0 Å². The summed E-state index contributed by atoms with van der Waals surface area (Å²) in [4.78, 5) is 10.6. The molecule has 3 rings (SSSR count). The molecule has 1 spiro atoms. The smallest absolute Gasteiger partial charge is 0.225 e. The first kappa shape index (κ1) is 10.7. The minimum atomic E-state index is -0.343. The van der Waals surface area contributed by atoms with Crippen molar-refractivity contribution in [1.29, 1.82) is 0 Å². The third kappa shape index (κ3) is 2.05. The molecule has 92 valence electrons. The van der Waals surface area contributed by atoms with Gasteiger partial charge in [-0.3, -0.25) is 0 Å². The molecule has 2 N–H and O–H groups in total. The number of nitrogens with zero attached hydrogens (tertiary/aromatic N) is 3. The highest BCUT2D eigenvalue weighted by Crippen LogP contribution is 2.32. The van der Waals surface area contributed by atoms with E-state index in [-0.39, 0.29) is 5.79 Å². The van der Waals surface area contributed by atoms with E-state index in [4.69, 9.17) is 15.2 Å². The molecule has 3 heterocycles. The summed E-state index contributed by atoms with van der Waals surface area (Å²) in [6.45, 7) is 3.12. The Morgan fingerprint density at radius 2 is 1.71 bits per heavy atom. The lowest BCUT2D eigenvalue weighted by Crippen LogP contribution is -2.45. The van der Waals surface area contributed by atoms with Crippen LogP contribution in [0.4, 0.5) is 11.6 Å². The minimum absolute atomic E-state index is 0.343. The third-order valence-corrected chi connectivity index (χ3v) is 3.28. The van der Waals surface area contributed by atoms with Gasteiger partial charge >= 0.3 is 0 Å². The van der Waals surface area contributed by atoms with Crippen LogP contribution in [0.25, 0.3) is 0 Å². The number of anilines is 2. The Hall–Kier alpha value is -1.40. The van der Waals surface area contributed by atoms with Gasteiger partial charge in [-0.15, -0.1) is 0 Å². The van der Waals surface area contributed by atoms with Gasteiger partial charge in [0.25, 0.3) is 0 Å². The lowest BCUT2D eigenvalue weighted by Gasteiger charge is -2.37. The summed E-state index contributed by atoms with van der Waals surface area (Å²) >= 11 is 0. The van der Waals surface area contributed by atoms with Crippen molar-refractivity contribution in [3.63, 3.8) is 0 Å². The summed E-state index contributed by atoms with van der Waals surface area (Å²) < 4.78 is 11.4. The Morgan fingerprint density at radius 1 is 1.12 bits per heavy atom. The van der Waals surface area contributed by atoms with E-state index in [0.29, 0.717) is 18.9 Å². The molecule has 0 amide bonds. The van der Waals surface area contributed by atoms with E-state index in [0.717, 1.165) is 31.9 Å². The van der Waals surface area contributed by atoms with E-state index >= 15 is 0 Å². The zero-order valence-corrected chi connectivity index (χ0v) is 9.63. The van der Waals surface area contributed by atoms with Crippen LogP contribution in [0.3, 0.4) is 0 Å². The Balaban J connectivity index is 1.66. The highest BCUT2D eigenvalue weighted by atomic mass is 16.7. The molecule has 2 aliphatic rings. The maximum atomic E-state index is 5.68. The molecule has 6 nitrogen and oxygen atoms in total. The van der Waals surface area contributed by atoms with Crippen LogP contribution in [0.1, 0.15) is 12.8 Å². The van der Waals surface area contributed by atoms with Gasteiger partial charge in [0.1, 0.15) is 0 Å². The molecular formula is C11H16N4O2. The largest absolute Gasteiger partial charge is 0.396 e. The lowest BCUT2D eigenvalue weighted by atomic mass is 10.0. The molecular weight excluding hydrogens is 220 g/mol. The fourth-order valence-electron chi connectivity index (χ4n) is 2.33. The second-order valence-electron chi connectivity index (χ2n) is 4.41. The average molecular weight is 236 g/mol. The van der Waals surface area contributed by atoms with Gasteiger partial charge in [-0.25, -0.2) is 9.97 Å². The van der Waals surface area contributed by atoms with Crippen LogP contribution in [0, 0.1) is 0 Å². The molecule has 2 aliphatic heterocycles. The summed E-state index contributed by atoms with van der Waals surface area (Å²) in [7, 11) is 0. The second kappa shape index (κ2) is 4.12. The van der Waals surface area contributed by atoms with Crippen LogP contribution in [0.2, 0.25) is 0 Å². The van der Waals surface area contributed by atoms with Crippen LogP contribution >= 0.6 is 0 Å². The standard InChI is InChI=1S/C11H16N4O2/c12-9-7-13-10(14-8-9)15-3-1-11(2-4-15)16-5-6-17-11/h7-8H,1-6,12H2. The molecule has 1 aromatic heterocycles. The number of aromatic nitrogens is 2. The summed E-state index contributed by atoms with van der Waals surface area (Å²) in [5.41, 5.74) is 6.15. The molecule has 0 aromatic carbocycles. The van der Waals surface area contributed by atoms with Gasteiger partial charge < -0.3 is 20.1 Å². The van der Waals surface area contributed by atoms with Crippen molar-refractivity contribution in [1.82, 2.24) is 9.97 Å². The number of nitrogen functional groups attached to an aromatic ring is 1. The monoisotopic (exact) mass is 236 g/mol. The molecule has 0 unspecified atom stereocenters. The number of nitrogens with two attached hydrogens (primary N) is 1. The van der Waals surface area contributed by atoms with Crippen molar-refractivity contribution in [2.75, 3.05) is 36.9 Å². The summed E-state index contributed by atoms with van der Waals surface area (Å²) in [6, 6.07) is 0.